The molecule has 0 saturated carbocycles. The SMILES string of the molecule is O=C(O)c1ccc(-c2ccc(OC(=O)c3ccc(Cl)cc3)cc2)cc1. The Kier molecular flexibility index (Phi) is 4.82. The fourth-order valence-corrected chi connectivity index (χ4v) is 2.40. The van der Waals surface area contributed by atoms with Gasteiger partial charge >= 0.3 is 11.9 Å². The molecule has 25 heavy (non-hydrogen) atoms. The van der Waals surface area contributed by atoms with Crippen LogP contribution < -0.4 is 4.74 Å². The van der Waals surface area contributed by atoms with Gasteiger partial charge < -0.3 is 9.84 Å². The highest BCUT2D eigenvalue weighted by atomic mass is 35.5. The molecule has 0 fully saturated rings. The summed E-state index contributed by atoms with van der Waals surface area (Å²) in [6.07, 6.45) is 0. The van der Waals surface area contributed by atoms with E-state index in [2.05, 4.69) is 0 Å². The zero-order valence-electron chi connectivity index (χ0n) is 13.0. The molecule has 0 spiro atoms. The second-order valence-electron chi connectivity index (χ2n) is 5.30. The number of carboxylic acid groups (broad SMARTS) is 1. The standard InChI is InChI=1S/C20H13ClO4/c21-17-9-5-16(6-10-17)20(24)25-18-11-7-14(8-12-18)13-1-3-15(4-2-13)19(22)23/h1-12H,(H,22,23). The molecule has 1 N–H and O–H groups in total. The van der Waals surface area contributed by atoms with Gasteiger partial charge in [0.05, 0.1) is 11.1 Å². The predicted molar refractivity (Wildman–Crippen MR) is 95.2 cm³/mol. The number of rotatable bonds is 4. The fraction of sp³-hybridized carbons (Fsp3) is 0. The maximum absolute atomic E-state index is 12.1. The molecule has 0 aliphatic heterocycles. The maximum atomic E-state index is 12.1. The maximum Gasteiger partial charge on any atom is 0.343 e. The average molecular weight is 353 g/mol. The van der Waals surface area contributed by atoms with Crippen LogP contribution in [-0.2, 0) is 0 Å². The summed E-state index contributed by atoms with van der Waals surface area (Å²) in [6.45, 7) is 0. The third-order valence-corrected chi connectivity index (χ3v) is 3.86. The monoisotopic (exact) mass is 352 g/mol. The molecule has 3 rings (SSSR count). The van der Waals surface area contributed by atoms with Crippen LogP contribution in [0, 0.1) is 0 Å². The second kappa shape index (κ2) is 7.20. The van der Waals surface area contributed by atoms with Crippen molar-refractivity contribution in [3.05, 3.63) is 88.9 Å². The molecule has 0 heterocycles. The van der Waals surface area contributed by atoms with E-state index in [9.17, 15) is 9.59 Å². The quantitative estimate of drug-likeness (QED) is 0.534. The summed E-state index contributed by atoms with van der Waals surface area (Å²) in [5.41, 5.74) is 2.42. The second-order valence-corrected chi connectivity index (χ2v) is 5.74. The number of esters is 1. The lowest BCUT2D eigenvalue weighted by Crippen LogP contribution is -2.08. The number of halogens is 1. The lowest BCUT2D eigenvalue weighted by Gasteiger charge is -2.06. The van der Waals surface area contributed by atoms with Crippen LogP contribution in [-0.4, -0.2) is 17.0 Å². The lowest BCUT2D eigenvalue weighted by atomic mass is 10.0. The minimum atomic E-state index is -0.962. The van der Waals surface area contributed by atoms with Crippen LogP contribution in [0.5, 0.6) is 5.75 Å². The molecule has 0 aliphatic rings. The Morgan fingerprint density at radius 2 is 1.20 bits per heavy atom. The molecule has 0 saturated heterocycles. The number of benzene rings is 3. The van der Waals surface area contributed by atoms with Crippen LogP contribution in [0.15, 0.2) is 72.8 Å². The van der Waals surface area contributed by atoms with E-state index in [4.69, 9.17) is 21.4 Å². The van der Waals surface area contributed by atoms with Gasteiger partial charge in [0, 0.05) is 5.02 Å². The van der Waals surface area contributed by atoms with E-state index < -0.39 is 11.9 Å². The molecule has 3 aromatic carbocycles. The van der Waals surface area contributed by atoms with Gasteiger partial charge in [0.1, 0.15) is 5.75 Å². The first-order valence-corrected chi connectivity index (χ1v) is 7.82. The minimum absolute atomic E-state index is 0.234. The first-order valence-electron chi connectivity index (χ1n) is 7.44. The Hall–Kier alpha value is -3.11. The highest BCUT2D eigenvalue weighted by Crippen LogP contribution is 2.23. The van der Waals surface area contributed by atoms with Gasteiger partial charge in [-0.25, -0.2) is 9.59 Å². The number of carboxylic acids is 1. The van der Waals surface area contributed by atoms with Crippen LogP contribution in [0.1, 0.15) is 20.7 Å². The molecule has 0 aliphatic carbocycles. The molecule has 5 heteroatoms. The van der Waals surface area contributed by atoms with Crippen molar-refractivity contribution in [1.29, 1.82) is 0 Å². The van der Waals surface area contributed by atoms with Crippen LogP contribution >= 0.6 is 11.6 Å². The van der Waals surface area contributed by atoms with Gasteiger partial charge in [0.2, 0.25) is 0 Å². The molecule has 0 bridgehead atoms. The summed E-state index contributed by atoms with van der Waals surface area (Å²) in [5.74, 6) is -1.00. The van der Waals surface area contributed by atoms with E-state index in [1.165, 1.54) is 0 Å². The Morgan fingerprint density at radius 1 is 0.720 bits per heavy atom. The van der Waals surface area contributed by atoms with Crippen molar-refractivity contribution >= 4 is 23.5 Å². The smallest absolute Gasteiger partial charge is 0.343 e. The number of hydrogen-bond donors (Lipinski definition) is 1. The number of ether oxygens (including phenoxy) is 1. The minimum Gasteiger partial charge on any atom is -0.478 e. The molecule has 0 unspecified atom stereocenters. The highest BCUT2D eigenvalue weighted by molar-refractivity contribution is 6.30. The molecule has 0 amide bonds. The van der Waals surface area contributed by atoms with Crippen LogP contribution in [0.25, 0.3) is 11.1 Å². The van der Waals surface area contributed by atoms with Gasteiger partial charge in [0.15, 0.2) is 0 Å². The van der Waals surface area contributed by atoms with Crippen molar-refractivity contribution in [2.75, 3.05) is 0 Å². The van der Waals surface area contributed by atoms with Crippen LogP contribution in [0.4, 0.5) is 0 Å². The summed E-state index contributed by atoms with van der Waals surface area (Å²) >= 11 is 5.79. The lowest BCUT2D eigenvalue weighted by molar-refractivity contribution is 0.0694. The zero-order valence-corrected chi connectivity index (χ0v) is 13.7. The van der Waals surface area contributed by atoms with E-state index in [0.29, 0.717) is 16.3 Å². The third kappa shape index (κ3) is 4.05. The van der Waals surface area contributed by atoms with Gasteiger partial charge in [-0.2, -0.15) is 0 Å². The van der Waals surface area contributed by atoms with E-state index >= 15 is 0 Å². The first-order chi connectivity index (χ1) is 12.0. The van der Waals surface area contributed by atoms with Crippen molar-refractivity contribution in [2.24, 2.45) is 0 Å². The Labute approximate surface area is 149 Å². The summed E-state index contributed by atoms with van der Waals surface area (Å²) in [4.78, 5) is 22.9. The summed E-state index contributed by atoms with van der Waals surface area (Å²) < 4.78 is 5.32. The average Bonchev–Trinajstić information content (AvgIpc) is 2.63. The van der Waals surface area contributed by atoms with E-state index in [1.807, 2.05) is 0 Å². The van der Waals surface area contributed by atoms with Crippen molar-refractivity contribution in [3.8, 4) is 16.9 Å². The van der Waals surface area contributed by atoms with Gasteiger partial charge in [-0.05, 0) is 59.7 Å². The number of hydrogen-bond acceptors (Lipinski definition) is 3. The molecule has 0 aromatic heterocycles. The van der Waals surface area contributed by atoms with Crippen LogP contribution in [0.2, 0.25) is 5.02 Å². The largest absolute Gasteiger partial charge is 0.478 e. The molecule has 4 nitrogen and oxygen atoms in total. The zero-order chi connectivity index (χ0) is 17.8. The molecule has 124 valence electrons. The van der Waals surface area contributed by atoms with E-state index in [1.54, 1.807) is 72.8 Å². The molecule has 0 radical (unpaired) electrons. The molecule has 0 atom stereocenters. The Balaban J connectivity index is 1.72. The van der Waals surface area contributed by atoms with Gasteiger partial charge in [0.25, 0.3) is 0 Å². The Morgan fingerprint density at radius 3 is 1.72 bits per heavy atom. The van der Waals surface area contributed by atoms with Gasteiger partial charge in [-0.15, -0.1) is 0 Å². The number of carbonyl (C=O) groups excluding carboxylic acids is 1. The summed E-state index contributed by atoms with van der Waals surface area (Å²) in [7, 11) is 0. The normalized spacial score (nSPS) is 10.3. The molecule has 3 aromatic rings. The molecular formula is C20H13ClO4. The van der Waals surface area contributed by atoms with Crippen LogP contribution in [0.3, 0.4) is 0 Å². The predicted octanol–water partition coefficient (Wildman–Crippen LogP) is 4.92. The van der Waals surface area contributed by atoms with Crippen molar-refractivity contribution in [2.45, 2.75) is 0 Å². The van der Waals surface area contributed by atoms with Gasteiger partial charge in [-0.1, -0.05) is 35.9 Å². The number of carbonyl (C=O) groups is 2. The van der Waals surface area contributed by atoms with E-state index in [-0.39, 0.29) is 5.56 Å². The summed E-state index contributed by atoms with van der Waals surface area (Å²) in [5, 5.41) is 9.47. The third-order valence-electron chi connectivity index (χ3n) is 3.61. The topological polar surface area (TPSA) is 63.6 Å². The first kappa shape index (κ1) is 16.7. The van der Waals surface area contributed by atoms with Crippen molar-refractivity contribution in [1.82, 2.24) is 0 Å². The Bertz CT molecular complexity index is 898. The van der Waals surface area contributed by atoms with E-state index in [0.717, 1.165) is 11.1 Å². The summed E-state index contributed by atoms with van der Waals surface area (Å²) in [6, 6.07) is 20.0. The van der Waals surface area contributed by atoms with Crippen molar-refractivity contribution in [3.63, 3.8) is 0 Å². The highest BCUT2D eigenvalue weighted by Gasteiger charge is 2.09. The molecular weight excluding hydrogens is 340 g/mol. The van der Waals surface area contributed by atoms with Crippen molar-refractivity contribution < 1.29 is 19.4 Å². The number of aromatic carboxylic acids is 1. The fourth-order valence-electron chi connectivity index (χ4n) is 2.27. The van der Waals surface area contributed by atoms with Gasteiger partial charge in [-0.3, -0.25) is 0 Å².